The molecule has 2 nitrogen and oxygen atoms in total. The summed E-state index contributed by atoms with van der Waals surface area (Å²) in [6.45, 7) is 6.01. The first-order chi connectivity index (χ1) is 8.65. The van der Waals surface area contributed by atoms with Crippen molar-refractivity contribution in [2.45, 2.75) is 57.6 Å². The van der Waals surface area contributed by atoms with Gasteiger partial charge in [-0.25, -0.2) is 0 Å². The summed E-state index contributed by atoms with van der Waals surface area (Å²) in [5, 5.41) is 10.1. The second-order valence-corrected chi connectivity index (χ2v) is 5.00. The summed E-state index contributed by atoms with van der Waals surface area (Å²) in [6, 6.07) is 7.60. The van der Waals surface area contributed by atoms with E-state index in [1.54, 1.807) is 0 Å². The highest BCUT2D eigenvalue weighted by Gasteiger charge is 2.08. The van der Waals surface area contributed by atoms with E-state index in [1.165, 1.54) is 25.7 Å². The summed E-state index contributed by atoms with van der Waals surface area (Å²) in [5.41, 5.74) is 7.69. The third-order valence-electron chi connectivity index (χ3n) is 3.30. The van der Waals surface area contributed by atoms with E-state index in [0.29, 0.717) is 0 Å². The Morgan fingerprint density at radius 2 is 1.83 bits per heavy atom. The average molecular weight is 248 g/mol. The number of unbranched alkanes of at least 4 members (excludes halogenated alkanes) is 4. The van der Waals surface area contributed by atoms with Crippen molar-refractivity contribution in [1.29, 1.82) is 0 Å². The molecule has 0 heterocycles. The second-order valence-electron chi connectivity index (χ2n) is 5.00. The third kappa shape index (κ3) is 5.19. The maximum Gasteiger partial charge on any atom is 0.0790 e. The minimum Gasteiger partial charge on any atom is -0.388 e. The molecular formula is C16H26NO. The first-order valence-electron chi connectivity index (χ1n) is 7.01. The molecule has 2 heteroatoms. The number of nitrogens with two attached hydrogens (primary N) is 1. The van der Waals surface area contributed by atoms with Gasteiger partial charge in [-0.1, -0.05) is 63.3 Å². The Hall–Kier alpha value is -0.860. The van der Waals surface area contributed by atoms with Crippen molar-refractivity contribution in [3.05, 3.63) is 42.3 Å². The minimum absolute atomic E-state index is 0.221. The normalized spacial score (nSPS) is 14.4. The fourth-order valence-electron chi connectivity index (χ4n) is 2.10. The van der Waals surface area contributed by atoms with Crippen LogP contribution in [0.1, 0.15) is 68.7 Å². The number of aliphatic hydroxyl groups is 1. The molecule has 18 heavy (non-hydrogen) atoms. The lowest BCUT2D eigenvalue weighted by Gasteiger charge is -2.13. The van der Waals surface area contributed by atoms with Crippen LogP contribution in [0.2, 0.25) is 0 Å². The van der Waals surface area contributed by atoms with Crippen molar-refractivity contribution >= 4 is 0 Å². The molecule has 1 aromatic rings. The molecule has 0 aliphatic carbocycles. The highest BCUT2D eigenvalue weighted by atomic mass is 16.3. The van der Waals surface area contributed by atoms with E-state index in [2.05, 4.69) is 13.8 Å². The Kier molecular flexibility index (Phi) is 6.99. The molecule has 101 valence electrons. The van der Waals surface area contributed by atoms with Gasteiger partial charge in [-0.2, -0.15) is 0 Å². The van der Waals surface area contributed by atoms with Gasteiger partial charge in [0.05, 0.1) is 6.10 Å². The van der Waals surface area contributed by atoms with Crippen LogP contribution >= 0.6 is 0 Å². The molecule has 0 aromatic heterocycles. The molecule has 2 unspecified atom stereocenters. The summed E-state index contributed by atoms with van der Waals surface area (Å²) in [6.07, 6.45) is 6.58. The van der Waals surface area contributed by atoms with Gasteiger partial charge in [-0.3, -0.25) is 0 Å². The Morgan fingerprint density at radius 1 is 1.17 bits per heavy atom. The monoisotopic (exact) mass is 248 g/mol. The third-order valence-corrected chi connectivity index (χ3v) is 3.30. The van der Waals surface area contributed by atoms with Gasteiger partial charge in [0, 0.05) is 6.04 Å². The molecule has 2 atom stereocenters. The minimum atomic E-state index is -0.370. The molecule has 0 saturated carbocycles. The number of hydrogen-bond acceptors (Lipinski definition) is 2. The molecule has 0 aliphatic heterocycles. The molecule has 1 radical (unpaired) electrons. The molecule has 3 N–H and O–H groups in total. The van der Waals surface area contributed by atoms with Crippen LogP contribution in [0.25, 0.3) is 0 Å². The Bertz CT molecular complexity index is 336. The number of aliphatic hydroxyl groups excluding tert-OH is 1. The van der Waals surface area contributed by atoms with Crippen molar-refractivity contribution in [2.75, 3.05) is 0 Å². The molecule has 1 aromatic carbocycles. The Balaban J connectivity index is 2.41. The van der Waals surface area contributed by atoms with Crippen molar-refractivity contribution in [3.8, 4) is 0 Å². The van der Waals surface area contributed by atoms with Crippen LogP contribution in [0.5, 0.6) is 0 Å². The molecular weight excluding hydrogens is 222 g/mol. The smallest absolute Gasteiger partial charge is 0.0790 e. The Labute approximate surface area is 111 Å². The highest BCUT2D eigenvalue weighted by Crippen LogP contribution is 2.22. The number of rotatable bonds is 8. The van der Waals surface area contributed by atoms with Crippen LogP contribution < -0.4 is 5.73 Å². The maximum absolute atomic E-state index is 10.1. The van der Waals surface area contributed by atoms with Gasteiger partial charge in [-0.05, 0) is 24.5 Å². The van der Waals surface area contributed by atoms with Gasteiger partial charge in [-0.15, -0.1) is 0 Å². The zero-order valence-electron chi connectivity index (χ0n) is 11.4. The van der Waals surface area contributed by atoms with E-state index in [-0.39, 0.29) is 12.1 Å². The van der Waals surface area contributed by atoms with Gasteiger partial charge >= 0.3 is 0 Å². The van der Waals surface area contributed by atoms with Crippen molar-refractivity contribution < 1.29 is 5.11 Å². The molecule has 0 bridgehead atoms. The topological polar surface area (TPSA) is 46.2 Å². The van der Waals surface area contributed by atoms with E-state index in [1.807, 2.05) is 24.3 Å². The van der Waals surface area contributed by atoms with E-state index < -0.39 is 0 Å². The zero-order valence-corrected chi connectivity index (χ0v) is 11.4. The fraction of sp³-hybridized carbons (Fsp3) is 0.562. The predicted molar refractivity (Wildman–Crippen MR) is 77.1 cm³/mol. The average Bonchev–Trinajstić information content (AvgIpc) is 2.38. The fourth-order valence-corrected chi connectivity index (χ4v) is 2.10. The first-order valence-corrected chi connectivity index (χ1v) is 7.01. The van der Waals surface area contributed by atoms with Crippen LogP contribution in [-0.2, 0) is 0 Å². The van der Waals surface area contributed by atoms with Crippen molar-refractivity contribution in [2.24, 2.45) is 5.73 Å². The van der Waals surface area contributed by atoms with Gasteiger partial charge in [0.15, 0.2) is 0 Å². The maximum atomic E-state index is 10.1. The standard InChI is InChI=1S/C16H26NO/c1-3-4-5-6-7-11-16(18)15-10-8-9-14(12-15)13(2)17/h8-10,12-13,16,18H,2-7,11,17H2,1H3. The van der Waals surface area contributed by atoms with Gasteiger partial charge in [0.25, 0.3) is 0 Å². The van der Waals surface area contributed by atoms with E-state index >= 15 is 0 Å². The summed E-state index contributed by atoms with van der Waals surface area (Å²) in [5.74, 6) is 0. The zero-order chi connectivity index (χ0) is 13.4. The lowest BCUT2D eigenvalue weighted by molar-refractivity contribution is 0.163. The van der Waals surface area contributed by atoms with E-state index in [9.17, 15) is 5.11 Å². The molecule has 0 fully saturated rings. The summed E-state index contributed by atoms with van der Waals surface area (Å²) in [7, 11) is 0. The van der Waals surface area contributed by atoms with Crippen molar-refractivity contribution in [3.63, 3.8) is 0 Å². The lowest BCUT2D eigenvalue weighted by Crippen LogP contribution is -2.06. The van der Waals surface area contributed by atoms with Gasteiger partial charge in [0.1, 0.15) is 0 Å². The Morgan fingerprint density at radius 3 is 2.50 bits per heavy atom. The lowest BCUT2D eigenvalue weighted by atomic mass is 9.99. The summed E-state index contributed by atoms with van der Waals surface area (Å²) < 4.78 is 0. The number of benzene rings is 1. The largest absolute Gasteiger partial charge is 0.388 e. The van der Waals surface area contributed by atoms with Gasteiger partial charge < -0.3 is 10.8 Å². The second kappa shape index (κ2) is 8.28. The van der Waals surface area contributed by atoms with Gasteiger partial charge in [0.2, 0.25) is 0 Å². The quantitative estimate of drug-likeness (QED) is 0.685. The first kappa shape index (κ1) is 15.2. The predicted octanol–water partition coefficient (Wildman–Crippen LogP) is 3.91. The molecule has 1 rings (SSSR count). The SMILES string of the molecule is [CH2]C(N)c1cccc(C(O)CCCCCCC)c1. The molecule has 0 spiro atoms. The molecule has 0 saturated heterocycles. The van der Waals surface area contributed by atoms with Crippen LogP contribution in [0.4, 0.5) is 0 Å². The number of hydrogen-bond donors (Lipinski definition) is 2. The van der Waals surface area contributed by atoms with Crippen LogP contribution in [-0.4, -0.2) is 5.11 Å². The molecule has 0 aliphatic rings. The van der Waals surface area contributed by atoms with E-state index in [0.717, 1.165) is 24.0 Å². The van der Waals surface area contributed by atoms with E-state index in [4.69, 9.17) is 5.73 Å². The van der Waals surface area contributed by atoms with Crippen molar-refractivity contribution in [1.82, 2.24) is 0 Å². The summed E-state index contributed by atoms with van der Waals surface area (Å²) >= 11 is 0. The molecule has 0 amide bonds. The van der Waals surface area contributed by atoms with Crippen LogP contribution in [0.15, 0.2) is 24.3 Å². The van der Waals surface area contributed by atoms with Crippen LogP contribution in [0, 0.1) is 6.92 Å². The summed E-state index contributed by atoms with van der Waals surface area (Å²) in [4.78, 5) is 0. The highest BCUT2D eigenvalue weighted by molar-refractivity contribution is 5.27. The van der Waals surface area contributed by atoms with Crippen LogP contribution in [0.3, 0.4) is 0 Å².